The van der Waals surface area contributed by atoms with Crippen molar-refractivity contribution in [2.75, 3.05) is 11.9 Å². The third-order valence-corrected chi connectivity index (χ3v) is 3.54. The van der Waals surface area contributed by atoms with E-state index in [1.165, 1.54) is 11.3 Å². The number of aryl methyl sites for hydroxylation is 1. The van der Waals surface area contributed by atoms with Gasteiger partial charge in [0.05, 0.1) is 6.10 Å². The van der Waals surface area contributed by atoms with Crippen LogP contribution in [0.4, 0.5) is 5.69 Å². The molecule has 0 bridgehead atoms. The molecule has 1 aliphatic carbocycles. The summed E-state index contributed by atoms with van der Waals surface area (Å²) in [5.41, 5.74) is 2.55. The molecular formula is C14H21NO. The fraction of sp³-hybridized carbons (Fsp3) is 0.571. The number of hydrogen-bond acceptors (Lipinski definition) is 2. The van der Waals surface area contributed by atoms with Crippen molar-refractivity contribution < 1.29 is 5.11 Å². The molecular weight excluding hydrogens is 198 g/mol. The third-order valence-electron chi connectivity index (χ3n) is 3.54. The molecule has 0 aromatic heterocycles. The van der Waals surface area contributed by atoms with Crippen LogP contribution >= 0.6 is 0 Å². The molecule has 0 aliphatic heterocycles. The van der Waals surface area contributed by atoms with E-state index in [1.54, 1.807) is 0 Å². The highest BCUT2D eigenvalue weighted by atomic mass is 16.3. The fourth-order valence-corrected chi connectivity index (χ4v) is 2.37. The Morgan fingerprint density at radius 1 is 1.19 bits per heavy atom. The smallest absolute Gasteiger partial charge is 0.0540 e. The molecule has 0 atom stereocenters. The Kier molecular flexibility index (Phi) is 3.83. The number of aliphatic hydroxyl groups excluding tert-OH is 1. The monoisotopic (exact) mass is 219 g/mol. The molecule has 88 valence electrons. The lowest BCUT2D eigenvalue weighted by Crippen LogP contribution is -2.23. The van der Waals surface area contributed by atoms with Crippen LogP contribution in [-0.2, 0) is 0 Å². The largest absolute Gasteiger partial charge is 0.393 e. The van der Waals surface area contributed by atoms with Gasteiger partial charge in [0.15, 0.2) is 0 Å². The number of para-hydroxylation sites is 1. The number of rotatable bonds is 3. The lowest BCUT2D eigenvalue weighted by molar-refractivity contribution is 0.111. The molecule has 0 saturated heterocycles. The maximum absolute atomic E-state index is 9.44. The van der Waals surface area contributed by atoms with Gasteiger partial charge in [-0.2, -0.15) is 0 Å². The summed E-state index contributed by atoms with van der Waals surface area (Å²) < 4.78 is 0. The molecule has 1 aliphatic rings. The van der Waals surface area contributed by atoms with E-state index in [1.807, 2.05) is 0 Å². The lowest BCUT2D eigenvalue weighted by atomic mass is 9.87. The lowest BCUT2D eigenvalue weighted by Gasteiger charge is -2.26. The SMILES string of the molecule is Cc1ccccc1NCC1CCC(O)CC1. The Bertz CT molecular complexity index is 329. The quantitative estimate of drug-likeness (QED) is 0.819. The molecule has 2 nitrogen and oxygen atoms in total. The van der Waals surface area contributed by atoms with Crippen molar-refractivity contribution in [2.45, 2.75) is 38.7 Å². The van der Waals surface area contributed by atoms with Gasteiger partial charge in [-0.25, -0.2) is 0 Å². The van der Waals surface area contributed by atoms with Crippen molar-refractivity contribution in [1.29, 1.82) is 0 Å². The number of nitrogens with one attached hydrogen (secondary N) is 1. The van der Waals surface area contributed by atoms with Crippen LogP contribution in [0.15, 0.2) is 24.3 Å². The van der Waals surface area contributed by atoms with E-state index >= 15 is 0 Å². The standard InChI is InChI=1S/C14H21NO/c1-11-4-2-3-5-14(11)15-10-12-6-8-13(16)9-7-12/h2-5,12-13,15-16H,6-10H2,1H3. The van der Waals surface area contributed by atoms with Gasteiger partial charge in [-0.3, -0.25) is 0 Å². The van der Waals surface area contributed by atoms with Crippen molar-refractivity contribution >= 4 is 5.69 Å². The third kappa shape index (κ3) is 2.99. The predicted molar refractivity (Wildman–Crippen MR) is 67.6 cm³/mol. The minimum atomic E-state index is -0.0466. The second-order valence-electron chi connectivity index (χ2n) is 4.87. The molecule has 0 amide bonds. The van der Waals surface area contributed by atoms with E-state index in [9.17, 15) is 5.11 Å². The molecule has 1 aromatic carbocycles. The molecule has 0 spiro atoms. The van der Waals surface area contributed by atoms with Gasteiger partial charge < -0.3 is 10.4 Å². The van der Waals surface area contributed by atoms with Gasteiger partial charge in [0.25, 0.3) is 0 Å². The van der Waals surface area contributed by atoms with Crippen molar-refractivity contribution in [1.82, 2.24) is 0 Å². The Labute approximate surface area is 97.7 Å². The maximum atomic E-state index is 9.44. The molecule has 2 N–H and O–H groups in total. The second kappa shape index (κ2) is 5.35. The fourth-order valence-electron chi connectivity index (χ4n) is 2.37. The molecule has 1 aromatic rings. The number of hydrogen-bond donors (Lipinski definition) is 2. The molecule has 0 heterocycles. The summed E-state index contributed by atoms with van der Waals surface area (Å²) in [4.78, 5) is 0. The van der Waals surface area contributed by atoms with Crippen LogP contribution in [-0.4, -0.2) is 17.8 Å². The average molecular weight is 219 g/mol. The molecule has 0 radical (unpaired) electrons. The van der Waals surface area contributed by atoms with Gasteiger partial charge in [0.1, 0.15) is 0 Å². The number of aliphatic hydroxyl groups is 1. The highest BCUT2D eigenvalue weighted by Gasteiger charge is 2.18. The average Bonchev–Trinajstić information content (AvgIpc) is 2.30. The zero-order valence-corrected chi connectivity index (χ0v) is 9.95. The molecule has 16 heavy (non-hydrogen) atoms. The second-order valence-corrected chi connectivity index (χ2v) is 4.87. The van der Waals surface area contributed by atoms with Gasteiger partial charge in [-0.15, -0.1) is 0 Å². The number of benzene rings is 1. The summed E-state index contributed by atoms with van der Waals surface area (Å²) >= 11 is 0. The van der Waals surface area contributed by atoms with Crippen LogP contribution in [0.5, 0.6) is 0 Å². The van der Waals surface area contributed by atoms with Crippen LogP contribution in [0.3, 0.4) is 0 Å². The van der Waals surface area contributed by atoms with Crippen molar-refractivity contribution in [3.63, 3.8) is 0 Å². The van der Waals surface area contributed by atoms with E-state index < -0.39 is 0 Å². The topological polar surface area (TPSA) is 32.3 Å². The minimum absolute atomic E-state index is 0.0466. The van der Waals surface area contributed by atoms with Crippen molar-refractivity contribution in [3.05, 3.63) is 29.8 Å². The van der Waals surface area contributed by atoms with E-state index in [0.717, 1.165) is 38.1 Å². The van der Waals surface area contributed by atoms with Crippen molar-refractivity contribution in [2.24, 2.45) is 5.92 Å². The highest BCUT2D eigenvalue weighted by Crippen LogP contribution is 2.25. The zero-order chi connectivity index (χ0) is 11.4. The summed E-state index contributed by atoms with van der Waals surface area (Å²) in [6, 6.07) is 8.40. The van der Waals surface area contributed by atoms with Gasteiger partial charge in [-0.05, 0) is 50.2 Å². The van der Waals surface area contributed by atoms with Gasteiger partial charge in [0, 0.05) is 12.2 Å². The minimum Gasteiger partial charge on any atom is -0.393 e. The van der Waals surface area contributed by atoms with Crippen LogP contribution in [0.2, 0.25) is 0 Å². The van der Waals surface area contributed by atoms with Gasteiger partial charge >= 0.3 is 0 Å². The highest BCUT2D eigenvalue weighted by molar-refractivity contribution is 5.50. The van der Waals surface area contributed by atoms with E-state index in [2.05, 4.69) is 36.5 Å². The Hall–Kier alpha value is -1.02. The van der Waals surface area contributed by atoms with Crippen LogP contribution in [0.25, 0.3) is 0 Å². The van der Waals surface area contributed by atoms with E-state index in [4.69, 9.17) is 0 Å². The first kappa shape index (κ1) is 11.5. The Morgan fingerprint density at radius 3 is 2.56 bits per heavy atom. The van der Waals surface area contributed by atoms with Crippen LogP contribution in [0, 0.1) is 12.8 Å². The van der Waals surface area contributed by atoms with Crippen LogP contribution < -0.4 is 5.32 Å². The summed E-state index contributed by atoms with van der Waals surface area (Å²) in [5, 5.41) is 13.0. The first-order valence-corrected chi connectivity index (χ1v) is 6.23. The first-order chi connectivity index (χ1) is 7.75. The van der Waals surface area contributed by atoms with Gasteiger partial charge in [0.2, 0.25) is 0 Å². The maximum Gasteiger partial charge on any atom is 0.0540 e. The molecule has 1 saturated carbocycles. The summed E-state index contributed by atoms with van der Waals surface area (Å²) in [6.45, 7) is 3.17. The van der Waals surface area contributed by atoms with Crippen molar-refractivity contribution in [3.8, 4) is 0 Å². The number of anilines is 1. The first-order valence-electron chi connectivity index (χ1n) is 6.23. The molecule has 1 fully saturated rings. The molecule has 0 unspecified atom stereocenters. The normalized spacial score (nSPS) is 25.4. The summed E-state index contributed by atoms with van der Waals surface area (Å²) in [6.07, 6.45) is 4.20. The van der Waals surface area contributed by atoms with Crippen LogP contribution in [0.1, 0.15) is 31.2 Å². The van der Waals surface area contributed by atoms with E-state index in [0.29, 0.717) is 0 Å². The summed E-state index contributed by atoms with van der Waals surface area (Å²) in [5.74, 6) is 0.725. The van der Waals surface area contributed by atoms with E-state index in [-0.39, 0.29) is 6.10 Å². The Balaban J connectivity index is 1.81. The predicted octanol–water partition coefficient (Wildman–Crippen LogP) is 2.96. The zero-order valence-electron chi connectivity index (χ0n) is 9.95. The summed E-state index contributed by atoms with van der Waals surface area (Å²) in [7, 11) is 0. The molecule has 2 rings (SSSR count). The molecule has 2 heteroatoms. The van der Waals surface area contributed by atoms with Gasteiger partial charge in [-0.1, -0.05) is 18.2 Å². The Morgan fingerprint density at radius 2 is 1.88 bits per heavy atom.